The molecule has 0 saturated heterocycles. The van der Waals surface area contributed by atoms with Crippen LogP contribution in [-0.2, 0) is 12.7 Å². The smallest absolute Gasteiger partial charge is 0.324 e. The first-order chi connectivity index (χ1) is 10.0. The first-order valence-electron chi connectivity index (χ1n) is 6.48. The fraction of sp³-hybridized carbons (Fsp3) is 0.200. The highest BCUT2D eigenvalue weighted by atomic mass is 19.4. The number of hydrogen-bond donors (Lipinski definition) is 0. The van der Waals surface area contributed by atoms with Crippen molar-refractivity contribution in [2.24, 2.45) is 0 Å². The van der Waals surface area contributed by atoms with Gasteiger partial charge in [0.15, 0.2) is 0 Å². The van der Waals surface area contributed by atoms with Crippen molar-refractivity contribution in [2.75, 3.05) is 0 Å². The molecule has 0 spiro atoms. The van der Waals surface area contributed by atoms with Crippen LogP contribution in [0, 0.1) is 0 Å². The molecular weight excluding hydrogens is 279 g/mol. The molecule has 1 aromatic carbocycles. The van der Waals surface area contributed by atoms with Crippen LogP contribution in [0.3, 0.4) is 0 Å². The lowest BCUT2D eigenvalue weighted by atomic mass is 10.2. The Balaban J connectivity index is 2.23. The minimum Gasteiger partial charge on any atom is -0.324 e. The zero-order chi connectivity index (χ0) is 15.0. The second kappa shape index (κ2) is 4.87. The highest BCUT2D eigenvalue weighted by molar-refractivity contribution is 5.81. The molecule has 0 unspecified atom stereocenters. The zero-order valence-electron chi connectivity index (χ0n) is 11.2. The van der Waals surface area contributed by atoms with Crippen LogP contribution in [0.15, 0.2) is 42.7 Å². The highest BCUT2D eigenvalue weighted by Crippen LogP contribution is 2.32. The minimum atomic E-state index is -4.36. The molecule has 0 N–H and O–H groups in total. The second-order valence-electron chi connectivity index (χ2n) is 4.62. The van der Waals surface area contributed by atoms with E-state index in [4.69, 9.17) is 0 Å². The molecule has 0 atom stereocenters. The van der Waals surface area contributed by atoms with E-state index in [1.54, 1.807) is 24.5 Å². The van der Waals surface area contributed by atoms with Crippen molar-refractivity contribution in [3.05, 3.63) is 48.3 Å². The summed E-state index contributed by atoms with van der Waals surface area (Å²) in [5.41, 5.74) is 1.18. The lowest BCUT2D eigenvalue weighted by molar-refractivity contribution is -0.137. The number of hydrogen-bond acceptors (Lipinski definition) is 2. The number of alkyl halides is 3. The van der Waals surface area contributed by atoms with Crippen molar-refractivity contribution in [3.8, 4) is 11.4 Å². The van der Waals surface area contributed by atoms with Crippen LogP contribution in [0.5, 0.6) is 0 Å². The van der Waals surface area contributed by atoms with Gasteiger partial charge in [-0.05, 0) is 37.3 Å². The Bertz CT molecular complexity index is 776. The van der Waals surface area contributed by atoms with Gasteiger partial charge >= 0.3 is 6.18 Å². The van der Waals surface area contributed by atoms with Gasteiger partial charge in [-0.2, -0.15) is 13.2 Å². The molecular formula is C15H12F3N3. The maximum absolute atomic E-state index is 12.8. The number of aryl methyl sites for hydroxylation is 1. The van der Waals surface area contributed by atoms with Crippen molar-refractivity contribution >= 4 is 11.0 Å². The largest absolute Gasteiger partial charge is 0.416 e. The summed E-state index contributed by atoms with van der Waals surface area (Å²) in [4.78, 5) is 8.30. The van der Waals surface area contributed by atoms with Crippen LogP contribution < -0.4 is 0 Å². The number of rotatable bonds is 2. The van der Waals surface area contributed by atoms with Gasteiger partial charge in [-0.25, -0.2) is 4.98 Å². The molecule has 6 heteroatoms. The summed E-state index contributed by atoms with van der Waals surface area (Å²) in [6.07, 6.45) is -1.09. The number of imidazole rings is 1. The summed E-state index contributed by atoms with van der Waals surface area (Å²) in [7, 11) is 0. The number of fused-ring (bicyclic) bond motifs is 1. The average molecular weight is 291 g/mol. The Morgan fingerprint density at radius 3 is 2.43 bits per heavy atom. The zero-order valence-corrected chi connectivity index (χ0v) is 11.2. The quantitative estimate of drug-likeness (QED) is 0.710. The van der Waals surface area contributed by atoms with Gasteiger partial charge in [0.25, 0.3) is 0 Å². The second-order valence-corrected chi connectivity index (χ2v) is 4.62. The SMILES string of the molecule is CCn1c(-c2ccncc2)nc2cc(C(F)(F)F)ccc21. The van der Waals surface area contributed by atoms with Gasteiger partial charge in [0.2, 0.25) is 0 Å². The standard InChI is InChI=1S/C15H12F3N3/c1-2-21-13-4-3-11(15(16,17)18)9-12(13)20-14(21)10-5-7-19-8-6-10/h3-9H,2H2,1H3. The molecule has 0 saturated carbocycles. The molecule has 0 aliphatic rings. The third kappa shape index (κ3) is 2.37. The molecule has 108 valence electrons. The Morgan fingerprint density at radius 1 is 1.10 bits per heavy atom. The summed E-state index contributed by atoms with van der Waals surface area (Å²) >= 11 is 0. The highest BCUT2D eigenvalue weighted by Gasteiger charge is 2.31. The van der Waals surface area contributed by atoms with E-state index in [0.29, 0.717) is 23.4 Å². The lowest BCUT2D eigenvalue weighted by Gasteiger charge is -2.07. The van der Waals surface area contributed by atoms with Gasteiger partial charge in [-0.15, -0.1) is 0 Å². The molecule has 2 aromatic heterocycles. The van der Waals surface area contributed by atoms with E-state index in [-0.39, 0.29) is 0 Å². The topological polar surface area (TPSA) is 30.7 Å². The van der Waals surface area contributed by atoms with Crippen LogP contribution >= 0.6 is 0 Å². The van der Waals surface area contributed by atoms with Gasteiger partial charge in [0.05, 0.1) is 16.6 Å². The predicted molar refractivity (Wildman–Crippen MR) is 73.6 cm³/mol. The van der Waals surface area contributed by atoms with E-state index < -0.39 is 11.7 Å². The average Bonchev–Trinajstić information content (AvgIpc) is 2.84. The first kappa shape index (κ1) is 13.6. The van der Waals surface area contributed by atoms with Crippen molar-refractivity contribution in [3.63, 3.8) is 0 Å². The summed E-state index contributed by atoms with van der Waals surface area (Å²) in [5.74, 6) is 0.647. The fourth-order valence-corrected chi connectivity index (χ4v) is 2.35. The third-order valence-electron chi connectivity index (χ3n) is 3.33. The third-order valence-corrected chi connectivity index (χ3v) is 3.33. The Kier molecular flexibility index (Phi) is 3.16. The van der Waals surface area contributed by atoms with Crippen molar-refractivity contribution in [1.82, 2.24) is 14.5 Å². The Labute approximate surface area is 119 Å². The lowest BCUT2D eigenvalue weighted by Crippen LogP contribution is -2.04. The van der Waals surface area contributed by atoms with Crippen molar-refractivity contribution < 1.29 is 13.2 Å². The van der Waals surface area contributed by atoms with Crippen LogP contribution in [0.2, 0.25) is 0 Å². The fourth-order valence-electron chi connectivity index (χ4n) is 2.35. The van der Waals surface area contributed by atoms with E-state index >= 15 is 0 Å². The Morgan fingerprint density at radius 2 is 1.81 bits per heavy atom. The summed E-state index contributed by atoms with van der Waals surface area (Å²) in [6.45, 7) is 2.56. The molecule has 3 aromatic rings. The predicted octanol–water partition coefficient (Wildman–Crippen LogP) is 4.14. The molecule has 3 nitrogen and oxygen atoms in total. The van der Waals surface area contributed by atoms with E-state index in [1.807, 2.05) is 11.5 Å². The maximum Gasteiger partial charge on any atom is 0.416 e. The molecule has 0 amide bonds. The molecule has 0 bridgehead atoms. The van der Waals surface area contributed by atoms with E-state index in [2.05, 4.69) is 9.97 Å². The Hall–Kier alpha value is -2.37. The van der Waals surface area contributed by atoms with Crippen LogP contribution in [0.25, 0.3) is 22.4 Å². The van der Waals surface area contributed by atoms with Gasteiger partial charge in [0, 0.05) is 24.5 Å². The van der Waals surface area contributed by atoms with Gasteiger partial charge < -0.3 is 4.57 Å². The molecule has 0 fully saturated rings. The molecule has 0 radical (unpaired) electrons. The van der Waals surface area contributed by atoms with E-state index in [1.165, 1.54) is 6.07 Å². The monoisotopic (exact) mass is 291 g/mol. The minimum absolute atomic E-state index is 0.346. The van der Waals surface area contributed by atoms with Crippen molar-refractivity contribution in [2.45, 2.75) is 19.6 Å². The number of aromatic nitrogens is 3. The summed E-state index contributed by atoms with van der Waals surface area (Å²) in [5, 5.41) is 0. The van der Waals surface area contributed by atoms with Crippen LogP contribution in [0.4, 0.5) is 13.2 Å². The molecule has 0 aliphatic heterocycles. The normalized spacial score (nSPS) is 12.0. The maximum atomic E-state index is 12.8. The summed E-state index contributed by atoms with van der Waals surface area (Å²) < 4.78 is 40.2. The van der Waals surface area contributed by atoms with E-state index in [9.17, 15) is 13.2 Å². The molecule has 3 rings (SSSR count). The van der Waals surface area contributed by atoms with Crippen LogP contribution in [0.1, 0.15) is 12.5 Å². The number of halogens is 3. The van der Waals surface area contributed by atoms with Gasteiger partial charge in [-0.1, -0.05) is 0 Å². The first-order valence-corrected chi connectivity index (χ1v) is 6.48. The molecule has 2 heterocycles. The number of nitrogens with zero attached hydrogens (tertiary/aromatic N) is 3. The number of benzene rings is 1. The van der Waals surface area contributed by atoms with Gasteiger partial charge in [-0.3, -0.25) is 4.98 Å². The van der Waals surface area contributed by atoms with Gasteiger partial charge in [0.1, 0.15) is 5.82 Å². The summed E-state index contributed by atoms with van der Waals surface area (Å²) in [6, 6.07) is 7.23. The van der Waals surface area contributed by atoms with Crippen molar-refractivity contribution in [1.29, 1.82) is 0 Å². The van der Waals surface area contributed by atoms with E-state index in [0.717, 1.165) is 17.7 Å². The molecule has 21 heavy (non-hydrogen) atoms. The number of pyridine rings is 1. The molecule has 0 aliphatic carbocycles. The van der Waals surface area contributed by atoms with Crippen LogP contribution in [-0.4, -0.2) is 14.5 Å².